The van der Waals surface area contributed by atoms with Crippen LogP contribution in [0.5, 0.6) is 0 Å². The average Bonchev–Trinajstić information content (AvgIpc) is 3.18. The molecule has 7 nitrogen and oxygen atoms in total. The second kappa shape index (κ2) is 12.0. The zero-order valence-electron chi connectivity index (χ0n) is 17.5. The fraction of sp³-hybridized carbons (Fsp3) is 0.227. The molecule has 0 aliphatic carbocycles. The van der Waals surface area contributed by atoms with Gasteiger partial charge in [0.15, 0.2) is 6.29 Å². The Morgan fingerprint density at radius 1 is 1.23 bits per heavy atom. The van der Waals surface area contributed by atoms with Crippen LogP contribution in [-0.2, 0) is 17.5 Å². The number of aromatic nitrogens is 1. The first kappa shape index (κ1) is 24.3. The number of aldehydes is 1. The van der Waals surface area contributed by atoms with Crippen molar-refractivity contribution in [3.63, 3.8) is 0 Å². The lowest BCUT2D eigenvalue weighted by molar-refractivity contribution is 0.111. The van der Waals surface area contributed by atoms with Gasteiger partial charge < -0.3 is 4.42 Å². The van der Waals surface area contributed by atoms with Gasteiger partial charge in [0.05, 0.1) is 29.2 Å². The van der Waals surface area contributed by atoms with Gasteiger partial charge >= 0.3 is 6.01 Å². The van der Waals surface area contributed by atoms with Crippen molar-refractivity contribution < 1.29 is 13.4 Å². The molecule has 1 atom stereocenters. The van der Waals surface area contributed by atoms with Crippen LogP contribution in [0.3, 0.4) is 0 Å². The van der Waals surface area contributed by atoms with E-state index in [0.29, 0.717) is 40.9 Å². The van der Waals surface area contributed by atoms with E-state index >= 15 is 0 Å². The molecule has 0 radical (unpaired) electrons. The Bertz CT molecular complexity index is 1050. The van der Waals surface area contributed by atoms with Crippen LogP contribution in [0.15, 0.2) is 52.9 Å². The van der Waals surface area contributed by atoms with Crippen LogP contribution in [-0.4, -0.2) is 28.3 Å². The molecule has 0 spiro atoms. The van der Waals surface area contributed by atoms with E-state index < -0.39 is 11.0 Å². The molecular weight excluding hydrogens is 436 g/mol. The Morgan fingerprint density at radius 3 is 2.32 bits per heavy atom. The van der Waals surface area contributed by atoms with Gasteiger partial charge in [-0.1, -0.05) is 30.7 Å². The van der Waals surface area contributed by atoms with E-state index in [1.807, 2.05) is 48.2 Å². The summed E-state index contributed by atoms with van der Waals surface area (Å²) in [5.74, 6) is 1.15. The number of nitrogens with one attached hydrogen (secondary N) is 1. The highest BCUT2D eigenvalue weighted by Gasteiger charge is 2.18. The zero-order chi connectivity index (χ0) is 22.8. The number of anilines is 2. The van der Waals surface area contributed by atoms with Gasteiger partial charge in [0.2, 0.25) is 0 Å². The van der Waals surface area contributed by atoms with Crippen LogP contribution in [0.1, 0.15) is 34.3 Å². The maximum atomic E-state index is 11.1. The van der Waals surface area contributed by atoms with E-state index in [4.69, 9.17) is 21.3 Å². The molecule has 0 bridgehead atoms. The van der Waals surface area contributed by atoms with Crippen molar-refractivity contribution in [2.24, 2.45) is 0 Å². The van der Waals surface area contributed by atoms with E-state index in [0.717, 1.165) is 11.3 Å². The van der Waals surface area contributed by atoms with E-state index in [1.165, 1.54) is 0 Å². The molecule has 0 saturated carbocycles. The topological polar surface area (TPSA) is 99.2 Å². The second-order valence-electron chi connectivity index (χ2n) is 6.27. The Kier molecular flexibility index (Phi) is 9.40. The summed E-state index contributed by atoms with van der Waals surface area (Å²) in [7, 11) is 0.896. The molecular formula is C22H23ClN4O3S. The first-order valence-corrected chi connectivity index (χ1v) is 11.1. The zero-order valence-corrected chi connectivity index (χ0v) is 19.0. The van der Waals surface area contributed by atoms with E-state index in [2.05, 4.69) is 15.8 Å². The first-order valence-electron chi connectivity index (χ1n) is 9.42. The van der Waals surface area contributed by atoms with Gasteiger partial charge in [-0.05, 0) is 55.9 Å². The summed E-state index contributed by atoms with van der Waals surface area (Å²) >= 11 is 5.94. The lowest BCUT2D eigenvalue weighted by Crippen LogP contribution is -2.17. The van der Waals surface area contributed by atoms with Crippen molar-refractivity contribution in [3.8, 4) is 6.07 Å². The molecule has 2 aromatic carbocycles. The Balaban J connectivity index is 0.000000501. The molecule has 0 saturated heterocycles. The van der Waals surface area contributed by atoms with Crippen molar-refractivity contribution in [3.05, 3.63) is 76.1 Å². The molecule has 3 aromatic rings. The number of aryl methyl sites for hydroxylation is 1. The summed E-state index contributed by atoms with van der Waals surface area (Å²) in [4.78, 5) is 17.2. The predicted molar refractivity (Wildman–Crippen MR) is 123 cm³/mol. The van der Waals surface area contributed by atoms with Gasteiger partial charge in [-0.25, -0.2) is 8.93 Å². The summed E-state index contributed by atoms with van der Waals surface area (Å²) < 4.78 is 18.4. The highest BCUT2D eigenvalue weighted by atomic mass is 35.5. The number of halogens is 1. The van der Waals surface area contributed by atoms with E-state index in [9.17, 15) is 9.00 Å². The summed E-state index contributed by atoms with van der Waals surface area (Å²) in [6, 6.07) is 16.9. The number of hydrogen-bond acceptors (Lipinski definition) is 6. The molecule has 9 heteroatoms. The number of carbonyl (C=O) groups is 1. The molecule has 0 aliphatic rings. The number of rotatable bonds is 7. The minimum absolute atomic E-state index is 0.268. The van der Waals surface area contributed by atoms with Gasteiger partial charge in [0.25, 0.3) is 0 Å². The minimum Gasteiger partial charge on any atom is -0.428 e. The molecule has 1 aromatic heterocycles. The monoisotopic (exact) mass is 458 g/mol. The van der Waals surface area contributed by atoms with Crippen molar-refractivity contribution in [1.29, 1.82) is 5.26 Å². The third kappa shape index (κ3) is 7.03. The fourth-order valence-corrected chi connectivity index (χ4v) is 2.94. The molecule has 1 unspecified atom stereocenters. The van der Waals surface area contributed by atoms with Crippen molar-refractivity contribution in [2.45, 2.75) is 20.4 Å². The predicted octanol–water partition coefficient (Wildman–Crippen LogP) is 4.55. The molecule has 1 heterocycles. The second-order valence-corrected chi connectivity index (χ2v) is 8.38. The number of nitrogens with zero attached hydrogens (tertiary/aromatic N) is 3. The Hall–Kier alpha value is -2.99. The van der Waals surface area contributed by atoms with Crippen LogP contribution in [0, 0.1) is 18.3 Å². The minimum atomic E-state index is -0.784. The summed E-state index contributed by atoms with van der Waals surface area (Å²) in [5.41, 5.74) is 2.63. The summed E-state index contributed by atoms with van der Waals surface area (Å²) in [5, 5.41) is 9.63. The summed E-state index contributed by atoms with van der Waals surface area (Å²) in [6.45, 7) is 4.04. The van der Waals surface area contributed by atoms with Gasteiger partial charge in [-0.3, -0.25) is 9.69 Å². The van der Waals surface area contributed by atoms with Gasteiger partial charge in [-0.15, -0.1) is 0 Å². The number of benzene rings is 2. The Morgan fingerprint density at radius 2 is 1.87 bits per heavy atom. The van der Waals surface area contributed by atoms with E-state index in [1.54, 1.807) is 26.1 Å². The number of hydrogen-bond donors (Lipinski definition) is 1. The molecule has 0 aliphatic heterocycles. The normalized spacial score (nSPS) is 11.1. The summed E-state index contributed by atoms with van der Waals surface area (Å²) in [6.07, 6.45) is 0.668. The highest BCUT2D eigenvalue weighted by molar-refractivity contribution is 7.82. The maximum absolute atomic E-state index is 11.1. The first-order chi connectivity index (χ1) is 14.9. The van der Waals surface area contributed by atoms with Gasteiger partial charge in [0, 0.05) is 16.5 Å². The molecule has 31 heavy (non-hydrogen) atoms. The molecule has 1 N–H and O–H groups in total. The lowest BCUT2D eigenvalue weighted by atomic mass is 10.1. The van der Waals surface area contributed by atoms with Crippen LogP contribution in [0.25, 0.3) is 0 Å². The van der Waals surface area contributed by atoms with E-state index in [-0.39, 0.29) is 5.69 Å². The van der Waals surface area contributed by atoms with Crippen molar-refractivity contribution >= 4 is 40.6 Å². The third-order valence-electron chi connectivity index (χ3n) is 4.22. The van der Waals surface area contributed by atoms with Gasteiger partial charge in [-0.2, -0.15) is 10.2 Å². The quantitative estimate of drug-likeness (QED) is 0.521. The largest absolute Gasteiger partial charge is 0.428 e. The Labute approximate surface area is 189 Å². The molecule has 0 amide bonds. The SMILES string of the molecule is CCS(=O)NC.Cc1oc(N(Cc2ccc(Cl)cc2)c2ccc(C#N)cc2)nc1C=O. The third-order valence-corrected chi connectivity index (χ3v) is 5.45. The number of oxazole rings is 1. The maximum Gasteiger partial charge on any atom is 0.303 e. The smallest absolute Gasteiger partial charge is 0.303 e. The van der Waals surface area contributed by atoms with Crippen LogP contribution in [0.4, 0.5) is 11.7 Å². The van der Waals surface area contributed by atoms with Crippen molar-refractivity contribution in [2.75, 3.05) is 17.7 Å². The lowest BCUT2D eigenvalue weighted by Gasteiger charge is -2.21. The fourth-order valence-electron chi connectivity index (χ4n) is 2.52. The van der Waals surface area contributed by atoms with Crippen LogP contribution >= 0.6 is 11.6 Å². The van der Waals surface area contributed by atoms with Gasteiger partial charge in [0.1, 0.15) is 11.5 Å². The molecule has 162 valence electrons. The molecule has 0 fully saturated rings. The molecule has 3 rings (SSSR count). The van der Waals surface area contributed by atoms with Crippen LogP contribution in [0.2, 0.25) is 5.02 Å². The standard InChI is InChI=1S/C19H14ClN3O2.C3H9NOS/c1-13-18(12-24)22-19(25-13)23(11-15-2-6-16(20)7-3-15)17-8-4-14(10-21)5-9-17;1-3-6(5)4-2/h2-9,12H,11H2,1H3;4H,3H2,1-2H3. The van der Waals surface area contributed by atoms with Crippen LogP contribution < -0.4 is 9.62 Å². The number of carbonyl (C=O) groups excluding carboxylic acids is 1. The van der Waals surface area contributed by atoms with Crippen molar-refractivity contribution in [1.82, 2.24) is 9.71 Å². The highest BCUT2D eigenvalue weighted by Crippen LogP contribution is 2.29. The average molecular weight is 459 g/mol. The number of nitriles is 1.